The fourth-order valence-electron chi connectivity index (χ4n) is 1.14. The first-order valence-electron chi connectivity index (χ1n) is 5.82. The number of carbonyl (C=O) groups is 2. The monoisotopic (exact) mass is 245 g/mol. The molecule has 0 saturated carbocycles. The van der Waals surface area contributed by atoms with E-state index in [4.69, 9.17) is 9.47 Å². The minimum atomic E-state index is -0.494. The number of ether oxygens (including phenoxy) is 2. The first-order chi connectivity index (χ1) is 7.85. The second-order valence-corrected chi connectivity index (χ2v) is 4.78. The van der Waals surface area contributed by atoms with Gasteiger partial charge < -0.3 is 14.8 Å². The molecule has 0 atom stereocenters. The summed E-state index contributed by atoms with van der Waals surface area (Å²) in [5.41, 5.74) is -0.494. The maximum atomic E-state index is 11.3. The predicted octanol–water partition coefficient (Wildman–Crippen LogP) is 1.26. The molecular formula is C12H23NO4. The second kappa shape index (κ2) is 8.06. The fourth-order valence-corrected chi connectivity index (χ4v) is 1.14. The third-order valence-corrected chi connectivity index (χ3v) is 1.82. The number of methoxy groups -OCH3 is 1. The molecule has 0 aliphatic heterocycles. The van der Waals surface area contributed by atoms with Crippen LogP contribution in [0.3, 0.4) is 0 Å². The molecule has 0 saturated heterocycles. The van der Waals surface area contributed by atoms with E-state index in [1.54, 1.807) is 27.9 Å². The van der Waals surface area contributed by atoms with Gasteiger partial charge in [-0.1, -0.05) is 0 Å². The number of hydrogen-bond acceptors (Lipinski definition) is 4. The van der Waals surface area contributed by atoms with Gasteiger partial charge in [-0.15, -0.1) is 0 Å². The van der Waals surface area contributed by atoms with Crippen LogP contribution < -0.4 is 5.32 Å². The van der Waals surface area contributed by atoms with Gasteiger partial charge >= 0.3 is 5.97 Å². The molecule has 0 fully saturated rings. The van der Waals surface area contributed by atoms with Gasteiger partial charge in [-0.3, -0.25) is 9.59 Å². The summed E-state index contributed by atoms with van der Waals surface area (Å²) in [4.78, 5) is 22.6. The van der Waals surface area contributed by atoms with Crippen LogP contribution >= 0.6 is 0 Å². The summed E-state index contributed by atoms with van der Waals surface area (Å²) in [6.07, 6.45) is 1.06. The molecule has 0 heterocycles. The van der Waals surface area contributed by atoms with Gasteiger partial charge in [0.25, 0.3) is 0 Å². The minimum absolute atomic E-state index is 0.118. The van der Waals surface area contributed by atoms with Crippen molar-refractivity contribution < 1.29 is 19.1 Å². The molecule has 0 rings (SSSR count). The predicted molar refractivity (Wildman–Crippen MR) is 64.6 cm³/mol. The maximum Gasteiger partial charge on any atom is 0.306 e. The van der Waals surface area contributed by atoms with Crippen molar-refractivity contribution >= 4 is 11.9 Å². The number of esters is 1. The van der Waals surface area contributed by atoms with Crippen molar-refractivity contribution in [2.75, 3.05) is 20.3 Å². The molecule has 1 amide bonds. The molecule has 0 bridgehead atoms. The number of rotatable bonds is 7. The number of amides is 1. The van der Waals surface area contributed by atoms with Crippen molar-refractivity contribution in [2.45, 2.75) is 45.6 Å². The molecule has 0 unspecified atom stereocenters. The lowest BCUT2D eigenvalue weighted by atomic mass is 10.2. The zero-order valence-electron chi connectivity index (χ0n) is 11.2. The Balaban J connectivity index is 3.59. The summed E-state index contributed by atoms with van der Waals surface area (Å²) < 4.78 is 9.94. The van der Waals surface area contributed by atoms with E-state index in [0.717, 1.165) is 6.42 Å². The molecule has 5 heteroatoms. The van der Waals surface area contributed by atoms with Gasteiger partial charge in [0, 0.05) is 26.7 Å². The molecule has 0 radical (unpaired) electrons. The van der Waals surface area contributed by atoms with Crippen molar-refractivity contribution in [1.29, 1.82) is 0 Å². The quantitative estimate of drug-likeness (QED) is 0.542. The Morgan fingerprint density at radius 1 is 1.18 bits per heavy atom. The minimum Gasteiger partial charge on any atom is -0.460 e. The Hall–Kier alpha value is -1.10. The highest BCUT2D eigenvalue weighted by atomic mass is 16.6. The average Bonchev–Trinajstić information content (AvgIpc) is 2.19. The third-order valence-electron chi connectivity index (χ3n) is 1.82. The SMILES string of the molecule is COCCCNC(=O)CCC(=O)OC(C)(C)C. The zero-order valence-corrected chi connectivity index (χ0v) is 11.2. The number of carbonyl (C=O) groups excluding carboxylic acids is 2. The van der Waals surface area contributed by atoms with Gasteiger partial charge in [-0.05, 0) is 27.2 Å². The largest absolute Gasteiger partial charge is 0.460 e. The highest BCUT2D eigenvalue weighted by Crippen LogP contribution is 2.08. The first-order valence-corrected chi connectivity index (χ1v) is 5.82. The van der Waals surface area contributed by atoms with Crippen molar-refractivity contribution in [1.82, 2.24) is 5.32 Å². The van der Waals surface area contributed by atoms with Gasteiger partial charge in [0.1, 0.15) is 5.60 Å². The van der Waals surface area contributed by atoms with Gasteiger partial charge in [0.15, 0.2) is 0 Å². The van der Waals surface area contributed by atoms with E-state index >= 15 is 0 Å². The smallest absolute Gasteiger partial charge is 0.306 e. The van der Waals surface area contributed by atoms with Crippen LogP contribution in [0.4, 0.5) is 0 Å². The lowest BCUT2D eigenvalue weighted by molar-refractivity contribution is -0.155. The summed E-state index contributed by atoms with van der Waals surface area (Å²) in [6, 6.07) is 0. The van der Waals surface area contributed by atoms with Gasteiger partial charge in [-0.2, -0.15) is 0 Å². The van der Waals surface area contributed by atoms with Gasteiger partial charge in [0.05, 0.1) is 6.42 Å². The molecule has 0 aromatic heterocycles. The number of hydrogen-bond donors (Lipinski definition) is 1. The lowest BCUT2D eigenvalue weighted by Gasteiger charge is -2.19. The van der Waals surface area contributed by atoms with Crippen LogP contribution in [0.2, 0.25) is 0 Å². The standard InChI is InChI=1S/C12H23NO4/c1-12(2,3)17-11(15)7-6-10(14)13-8-5-9-16-4/h5-9H2,1-4H3,(H,13,14). The van der Waals surface area contributed by atoms with E-state index in [1.807, 2.05) is 0 Å². The fraction of sp³-hybridized carbons (Fsp3) is 0.833. The summed E-state index contributed by atoms with van der Waals surface area (Å²) in [7, 11) is 1.62. The zero-order chi connectivity index (χ0) is 13.3. The van der Waals surface area contributed by atoms with Crippen molar-refractivity contribution in [3.8, 4) is 0 Å². The molecule has 1 N–H and O–H groups in total. The summed E-state index contributed by atoms with van der Waals surface area (Å²) in [5, 5.41) is 2.71. The molecular weight excluding hydrogens is 222 g/mol. The Labute approximate surface area is 103 Å². The highest BCUT2D eigenvalue weighted by Gasteiger charge is 2.16. The van der Waals surface area contributed by atoms with Crippen molar-refractivity contribution in [3.63, 3.8) is 0 Å². The topological polar surface area (TPSA) is 64.6 Å². The van der Waals surface area contributed by atoms with E-state index in [1.165, 1.54) is 0 Å². The van der Waals surface area contributed by atoms with Crippen LogP contribution in [-0.2, 0) is 19.1 Å². The Morgan fingerprint density at radius 2 is 1.82 bits per heavy atom. The Bertz CT molecular complexity index is 245. The van der Waals surface area contributed by atoms with Gasteiger partial charge in [-0.25, -0.2) is 0 Å². The Morgan fingerprint density at radius 3 is 2.35 bits per heavy atom. The van der Waals surface area contributed by atoms with E-state index in [0.29, 0.717) is 13.2 Å². The molecule has 100 valence electrons. The third kappa shape index (κ3) is 11.2. The maximum absolute atomic E-state index is 11.3. The molecule has 0 aromatic rings. The van der Waals surface area contributed by atoms with Crippen LogP contribution in [-0.4, -0.2) is 37.7 Å². The molecule has 0 spiro atoms. The van der Waals surface area contributed by atoms with Gasteiger partial charge in [0.2, 0.25) is 5.91 Å². The molecule has 0 aliphatic carbocycles. The summed E-state index contributed by atoms with van der Waals surface area (Å²) >= 11 is 0. The highest BCUT2D eigenvalue weighted by molar-refractivity contribution is 5.81. The molecule has 5 nitrogen and oxygen atoms in total. The van der Waals surface area contributed by atoms with E-state index in [-0.39, 0.29) is 24.7 Å². The van der Waals surface area contributed by atoms with Crippen LogP contribution in [0.15, 0.2) is 0 Å². The van der Waals surface area contributed by atoms with Crippen LogP contribution in [0.5, 0.6) is 0 Å². The van der Waals surface area contributed by atoms with E-state index in [2.05, 4.69) is 5.32 Å². The van der Waals surface area contributed by atoms with Crippen molar-refractivity contribution in [3.05, 3.63) is 0 Å². The average molecular weight is 245 g/mol. The second-order valence-electron chi connectivity index (χ2n) is 4.78. The van der Waals surface area contributed by atoms with Crippen LogP contribution in [0.1, 0.15) is 40.0 Å². The molecule has 0 aliphatic rings. The van der Waals surface area contributed by atoms with Crippen molar-refractivity contribution in [2.24, 2.45) is 0 Å². The van der Waals surface area contributed by atoms with Crippen LogP contribution in [0, 0.1) is 0 Å². The summed E-state index contributed by atoms with van der Waals surface area (Å²) in [6.45, 7) is 6.59. The summed E-state index contributed by atoms with van der Waals surface area (Å²) in [5.74, 6) is -0.475. The first kappa shape index (κ1) is 15.9. The lowest BCUT2D eigenvalue weighted by Crippen LogP contribution is -2.28. The normalized spacial score (nSPS) is 11.1. The van der Waals surface area contributed by atoms with E-state index in [9.17, 15) is 9.59 Å². The number of nitrogens with one attached hydrogen (secondary N) is 1. The molecule has 0 aromatic carbocycles. The van der Waals surface area contributed by atoms with Crippen LogP contribution in [0.25, 0.3) is 0 Å². The Kier molecular flexibility index (Phi) is 7.54. The molecule has 17 heavy (non-hydrogen) atoms. The van der Waals surface area contributed by atoms with E-state index < -0.39 is 5.60 Å².